The Morgan fingerprint density at radius 1 is 0.912 bits per heavy atom. The second kappa shape index (κ2) is 11.0. The summed E-state index contributed by atoms with van der Waals surface area (Å²) in [6.07, 6.45) is 0. The lowest BCUT2D eigenvalue weighted by Gasteiger charge is -2.41. The van der Waals surface area contributed by atoms with E-state index >= 15 is 0 Å². The number of benzene rings is 3. The van der Waals surface area contributed by atoms with Crippen LogP contribution in [-0.4, -0.2) is 54.9 Å². The van der Waals surface area contributed by atoms with Crippen molar-refractivity contribution in [3.63, 3.8) is 0 Å². The van der Waals surface area contributed by atoms with Gasteiger partial charge < -0.3 is 15.0 Å². The van der Waals surface area contributed by atoms with Crippen molar-refractivity contribution in [2.24, 2.45) is 0 Å². The summed E-state index contributed by atoms with van der Waals surface area (Å²) in [5, 5.41) is 3.22. The molecule has 1 heterocycles. The van der Waals surface area contributed by atoms with Crippen LogP contribution in [0.4, 0.5) is 0 Å². The van der Waals surface area contributed by atoms with Gasteiger partial charge in [-0.1, -0.05) is 72.8 Å². The van der Waals surface area contributed by atoms with Gasteiger partial charge in [-0.3, -0.25) is 14.5 Å². The summed E-state index contributed by atoms with van der Waals surface area (Å²) < 4.78 is 5.27. The highest BCUT2D eigenvalue weighted by Gasteiger charge is 2.31. The molecule has 0 radical (unpaired) electrons. The summed E-state index contributed by atoms with van der Waals surface area (Å²) in [5.41, 5.74) is 3.12. The van der Waals surface area contributed by atoms with Crippen molar-refractivity contribution in [2.75, 3.05) is 33.3 Å². The lowest BCUT2D eigenvalue weighted by Crippen LogP contribution is -2.52. The number of nitrogens with zero attached hydrogens (tertiary/aromatic N) is 2. The third-order valence-corrected chi connectivity index (χ3v) is 6.31. The Hall–Kier alpha value is -3.64. The number of amides is 2. The van der Waals surface area contributed by atoms with E-state index in [1.807, 2.05) is 89.8 Å². The van der Waals surface area contributed by atoms with Crippen LogP contribution in [0.2, 0.25) is 0 Å². The van der Waals surface area contributed by atoms with Gasteiger partial charge in [0.2, 0.25) is 11.8 Å². The molecule has 1 aliphatic rings. The average molecular weight is 458 g/mol. The minimum atomic E-state index is -0.217. The van der Waals surface area contributed by atoms with Gasteiger partial charge in [0.1, 0.15) is 5.75 Å². The van der Waals surface area contributed by atoms with Gasteiger partial charge in [-0.05, 0) is 28.8 Å². The molecule has 0 aliphatic carbocycles. The van der Waals surface area contributed by atoms with E-state index in [0.717, 1.165) is 22.4 Å². The summed E-state index contributed by atoms with van der Waals surface area (Å²) in [4.78, 5) is 29.5. The Morgan fingerprint density at radius 2 is 1.50 bits per heavy atom. The Kier molecular flexibility index (Phi) is 7.60. The molecule has 1 N–H and O–H groups in total. The van der Waals surface area contributed by atoms with Crippen molar-refractivity contribution in [3.05, 3.63) is 102 Å². The number of hydrogen-bond acceptors (Lipinski definition) is 4. The van der Waals surface area contributed by atoms with Gasteiger partial charge in [-0.2, -0.15) is 0 Å². The van der Waals surface area contributed by atoms with Crippen molar-refractivity contribution < 1.29 is 14.3 Å². The summed E-state index contributed by atoms with van der Waals surface area (Å²) in [6.45, 7) is 3.71. The largest absolute Gasteiger partial charge is 0.497 e. The van der Waals surface area contributed by atoms with Crippen molar-refractivity contribution in [1.82, 2.24) is 15.1 Å². The van der Waals surface area contributed by atoms with Crippen LogP contribution in [0, 0.1) is 0 Å². The Bertz CT molecular complexity index is 1050. The molecule has 3 aromatic carbocycles. The van der Waals surface area contributed by atoms with Gasteiger partial charge >= 0.3 is 0 Å². The fourth-order valence-corrected chi connectivity index (χ4v) is 4.53. The molecule has 1 saturated heterocycles. The lowest BCUT2D eigenvalue weighted by molar-refractivity contribution is -0.134. The van der Waals surface area contributed by atoms with Crippen molar-refractivity contribution >= 4 is 11.8 Å². The molecule has 1 fully saturated rings. The number of methoxy groups -OCH3 is 1. The minimum Gasteiger partial charge on any atom is -0.497 e. The third kappa shape index (κ3) is 5.64. The van der Waals surface area contributed by atoms with Crippen LogP contribution in [0.15, 0.2) is 84.9 Å². The highest BCUT2D eigenvalue weighted by atomic mass is 16.5. The Labute approximate surface area is 201 Å². The van der Waals surface area contributed by atoms with E-state index in [1.54, 1.807) is 14.0 Å². The molecule has 1 atom stereocenters. The molecular weight excluding hydrogens is 426 g/mol. The smallest absolute Gasteiger partial charge is 0.234 e. The molecule has 0 aromatic heterocycles. The summed E-state index contributed by atoms with van der Waals surface area (Å²) in [5.74, 6) is 0.777. The average Bonchev–Trinajstić information content (AvgIpc) is 2.88. The lowest BCUT2D eigenvalue weighted by atomic mass is 9.98. The Morgan fingerprint density at radius 3 is 2.03 bits per heavy atom. The molecule has 0 unspecified atom stereocenters. The van der Waals surface area contributed by atoms with E-state index in [0.29, 0.717) is 19.6 Å². The van der Waals surface area contributed by atoms with Crippen LogP contribution in [-0.2, 0) is 9.59 Å². The zero-order valence-electron chi connectivity index (χ0n) is 19.7. The number of rotatable bonds is 7. The molecule has 0 bridgehead atoms. The number of nitrogens with one attached hydrogen (secondary N) is 1. The zero-order valence-corrected chi connectivity index (χ0v) is 19.7. The standard InChI is InChI=1S/C28H31N3O3/c1-21(32)31-18-17-30(19-26(31)22-13-15-25(34-2)16-14-22)20-27(33)29-28(23-9-5-3-6-10-23)24-11-7-4-8-12-24/h3-16,26,28H,17-20H2,1-2H3,(H,29,33)/t26-/m0/s1. The predicted octanol–water partition coefficient (Wildman–Crippen LogP) is 3.81. The molecule has 0 spiro atoms. The van der Waals surface area contributed by atoms with E-state index in [2.05, 4.69) is 10.2 Å². The van der Waals surface area contributed by atoms with E-state index in [-0.39, 0.29) is 30.4 Å². The SMILES string of the molecule is COc1ccc([C@@H]2CN(CC(=O)NC(c3ccccc3)c3ccccc3)CCN2C(C)=O)cc1. The second-order valence-electron chi connectivity index (χ2n) is 8.56. The first kappa shape index (κ1) is 23.5. The second-order valence-corrected chi connectivity index (χ2v) is 8.56. The molecule has 176 valence electrons. The van der Waals surface area contributed by atoms with E-state index < -0.39 is 0 Å². The van der Waals surface area contributed by atoms with E-state index in [1.165, 1.54) is 0 Å². The fraction of sp³-hybridized carbons (Fsp3) is 0.286. The maximum absolute atomic E-state index is 13.2. The normalized spacial score (nSPS) is 16.3. The third-order valence-electron chi connectivity index (χ3n) is 6.31. The maximum Gasteiger partial charge on any atom is 0.234 e. The molecule has 2 amide bonds. The molecule has 3 aromatic rings. The number of piperazine rings is 1. The van der Waals surface area contributed by atoms with E-state index in [4.69, 9.17) is 4.74 Å². The topological polar surface area (TPSA) is 61.9 Å². The van der Waals surface area contributed by atoms with Gasteiger partial charge in [0, 0.05) is 26.6 Å². The van der Waals surface area contributed by atoms with Gasteiger partial charge in [0.15, 0.2) is 0 Å². The van der Waals surface area contributed by atoms with E-state index in [9.17, 15) is 9.59 Å². The number of carbonyl (C=O) groups excluding carboxylic acids is 2. The zero-order chi connectivity index (χ0) is 23.9. The Balaban J connectivity index is 1.47. The van der Waals surface area contributed by atoms with Crippen LogP contribution >= 0.6 is 0 Å². The van der Waals surface area contributed by atoms with Crippen LogP contribution in [0.3, 0.4) is 0 Å². The monoisotopic (exact) mass is 457 g/mol. The van der Waals surface area contributed by atoms with Gasteiger partial charge in [0.25, 0.3) is 0 Å². The highest BCUT2D eigenvalue weighted by Crippen LogP contribution is 2.27. The highest BCUT2D eigenvalue weighted by molar-refractivity contribution is 5.79. The maximum atomic E-state index is 13.2. The molecule has 6 heteroatoms. The summed E-state index contributed by atoms with van der Waals surface area (Å²) in [6, 6.07) is 27.5. The molecule has 0 saturated carbocycles. The predicted molar refractivity (Wildman–Crippen MR) is 132 cm³/mol. The van der Waals surface area contributed by atoms with Gasteiger partial charge in [-0.25, -0.2) is 0 Å². The quantitative estimate of drug-likeness (QED) is 0.586. The molecule has 4 rings (SSSR count). The van der Waals surface area contributed by atoms with Gasteiger partial charge in [0.05, 0.1) is 25.7 Å². The molecule has 34 heavy (non-hydrogen) atoms. The van der Waals surface area contributed by atoms with Gasteiger partial charge in [-0.15, -0.1) is 0 Å². The van der Waals surface area contributed by atoms with Crippen LogP contribution in [0.25, 0.3) is 0 Å². The molecule has 6 nitrogen and oxygen atoms in total. The number of ether oxygens (including phenoxy) is 1. The summed E-state index contributed by atoms with van der Waals surface area (Å²) >= 11 is 0. The van der Waals surface area contributed by atoms with Crippen molar-refractivity contribution in [1.29, 1.82) is 0 Å². The van der Waals surface area contributed by atoms with Crippen LogP contribution < -0.4 is 10.1 Å². The first-order valence-electron chi connectivity index (χ1n) is 11.6. The molecule has 1 aliphatic heterocycles. The van der Waals surface area contributed by atoms with Crippen molar-refractivity contribution in [3.8, 4) is 5.75 Å². The molecular formula is C28H31N3O3. The number of hydrogen-bond donors (Lipinski definition) is 1. The summed E-state index contributed by atoms with van der Waals surface area (Å²) in [7, 11) is 1.63. The van der Waals surface area contributed by atoms with Crippen molar-refractivity contribution in [2.45, 2.75) is 19.0 Å². The number of carbonyl (C=O) groups is 2. The first-order valence-corrected chi connectivity index (χ1v) is 11.6. The van der Waals surface area contributed by atoms with Crippen LogP contribution in [0.5, 0.6) is 5.75 Å². The first-order chi connectivity index (χ1) is 16.5. The minimum absolute atomic E-state index is 0.0394. The fourth-order valence-electron chi connectivity index (χ4n) is 4.53. The van der Waals surface area contributed by atoms with Crippen LogP contribution in [0.1, 0.15) is 35.7 Å².